The van der Waals surface area contributed by atoms with E-state index in [0.717, 1.165) is 16.9 Å². The van der Waals surface area contributed by atoms with Crippen molar-refractivity contribution in [3.63, 3.8) is 0 Å². The number of nitrogen functional groups attached to an aromatic ring is 1. The van der Waals surface area contributed by atoms with Crippen molar-refractivity contribution in [3.8, 4) is 0 Å². The standard InChI is InChI=1S/C11H16N2/c1-8-4-3-5-9(10(8)12)13-11(2)6-7-11/h3-5,13H,6-7,12H2,1-2H3. The summed E-state index contributed by atoms with van der Waals surface area (Å²) in [6.45, 7) is 4.27. The van der Waals surface area contributed by atoms with Crippen LogP contribution in [0.25, 0.3) is 0 Å². The van der Waals surface area contributed by atoms with Crippen molar-refractivity contribution in [2.45, 2.75) is 32.2 Å². The number of benzene rings is 1. The van der Waals surface area contributed by atoms with Crippen molar-refractivity contribution in [1.29, 1.82) is 0 Å². The van der Waals surface area contributed by atoms with Crippen LogP contribution in [0.5, 0.6) is 0 Å². The molecule has 0 spiro atoms. The van der Waals surface area contributed by atoms with E-state index < -0.39 is 0 Å². The van der Waals surface area contributed by atoms with Crippen molar-refractivity contribution >= 4 is 11.4 Å². The van der Waals surface area contributed by atoms with Gasteiger partial charge in [-0.2, -0.15) is 0 Å². The molecule has 1 aromatic carbocycles. The molecule has 3 N–H and O–H groups in total. The van der Waals surface area contributed by atoms with Gasteiger partial charge in [0.05, 0.1) is 11.4 Å². The first-order valence-corrected chi connectivity index (χ1v) is 4.74. The van der Waals surface area contributed by atoms with E-state index in [4.69, 9.17) is 5.73 Å². The molecule has 2 heteroatoms. The van der Waals surface area contributed by atoms with Gasteiger partial charge in [0.1, 0.15) is 0 Å². The molecular formula is C11H16N2. The average molecular weight is 176 g/mol. The van der Waals surface area contributed by atoms with Gasteiger partial charge in [0, 0.05) is 5.54 Å². The van der Waals surface area contributed by atoms with Crippen molar-refractivity contribution in [1.82, 2.24) is 0 Å². The van der Waals surface area contributed by atoms with E-state index in [1.165, 1.54) is 12.8 Å². The molecule has 0 bridgehead atoms. The van der Waals surface area contributed by atoms with Gasteiger partial charge in [0.25, 0.3) is 0 Å². The summed E-state index contributed by atoms with van der Waals surface area (Å²) in [5.41, 5.74) is 9.38. The summed E-state index contributed by atoms with van der Waals surface area (Å²) in [5, 5.41) is 3.48. The third kappa shape index (κ3) is 1.62. The first-order chi connectivity index (χ1) is 6.11. The van der Waals surface area contributed by atoms with Crippen molar-refractivity contribution in [3.05, 3.63) is 23.8 Å². The number of hydrogen-bond donors (Lipinski definition) is 2. The molecule has 1 aromatic rings. The van der Waals surface area contributed by atoms with Gasteiger partial charge in [-0.05, 0) is 38.3 Å². The first kappa shape index (κ1) is 8.42. The smallest absolute Gasteiger partial charge is 0.0580 e. The molecule has 2 nitrogen and oxygen atoms in total. The van der Waals surface area contributed by atoms with E-state index in [2.05, 4.69) is 12.2 Å². The van der Waals surface area contributed by atoms with E-state index in [1.54, 1.807) is 0 Å². The van der Waals surface area contributed by atoms with Crippen LogP contribution in [0.3, 0.4) is 0 Å². The molecule has 0 atom stereocenters. The summed E-state index contributed by atoms with van der Waals surface area (Å²) in [6.07, 6.45) is 2.50. The molecule has 0 aromatic heterocycles. The lowest BCUT2D eigenvalue weighted by molar-refractivity contribution is 0.830. The fourth-order valence-corrected chi connectivity index (χ4v) is 1.43. The molecule has 2 rings (SSSR count). The summed E-state index contributed by atoms with van der Waals surface area (Å²) >= 11 is 0. The summed E-state index contributed by atoms with van der Waals surface area (Å²) in [6, 6.07) is 6.13. The van der Waals surface area contributed by atoms with Crippen LogP contribution in [-0.2, 0) is 0 Å². The van der Waals surface area contributed by atoms with Crippen LogP contribution in [0, 0.1) is 6.92 Å². The Morgan fingerprint density at radius 1 is 1.38 bits per heavy atom. The van der Waals surface area contributed by atoms with E-state index in [0.29, 0.717) is 5.54 Å². The normalized spacial score (nSPS) is 18.3. The topological polar surface area (TPSA) is 38.0 Å². The van der Waals surface area contributed by atoms with E-state index in [1.807, 2.05) is 25.1 Å². The minimum Gasteiger partial charge on any atom is -0.397 e. The lowest BCUT2D eigenvalue weighted by atomic mass is 10.1. The quantitative estimate of drug-likeness (QED) is 0.679. The molecule has 1 aliphatic rings. The largest absolute Gasteiger partial charge is 0.397 e. The number of hydrogen-bond acceptors (Lipinski definition) is 2. The highest BCUT2D eigenvalue weighted by Gasteiger charge is 2.37. The molecule has 0 saturated heterocycles. The lowest BCUT2D eigenvalue weighted by Gasteiger charge is -2.16. The number of para-hydroxylation sites is 1. The molecule has 0 unspecified atom stereocenters. The molecule has 0 amide bonds. The highest BCUT2D eigenvalue weighted by atomic mass is 15.0. The van der Waals surface area contributed by atoms with Gasteiger partial charge in [0.2, 0.25) is 0 Å². The molecular weight excluding hydrogens is 160 g/mol. The minimum atomic E-state index is 0.307. The van der Waals surface area contributed by atoms with E-state index >= 15 is 0 Å². The second-order valence-electron chi connectivity index (χ2n) is 4.22. The average Bonchev–Trinajstić information content (AvgIpc) is 2.78. The summed E-state index contributed by atoms with van der Waals surface area (Å²) in [5.74, 6) is 0. The van der Waals surface area contributed by atoms with Gasteiger partial charge >= 0.3 is 0 Å². The van der Waals surface area contributed by atoms with Gasteiger partial charge < -0.3 is 11.1 Å². The molecule has 1 aliphatic carbocycles. The van der Waals surface area contributed by atoms with Gasteiger partial charge in [-0.25, -0.2) is 0 Å². The van der Waals surface area contributed by atoms with Crippen molar-refractivity contribution in [2.75, 3.05) is 11.1 Å². The highest BCUT2D eigenvalue weighted by molar-refractivity contribution is 5.70. The lowest BCUT2D eigenvalue weighted by Crippen LogP contribution is -2.17. The number of aryl methyl sites for hydroxylation is 1. The predicted octanol–water partition coefficient (Wildman–Crippen LogP) is 2.54. The maximum Gasteiger partial charge on any atom is 0.0580 e. The SMILES string of the molecule is Cc1cccc(NC2(C)CC2)c1N. The van der Waals surface area contributed by atoms with Gasteiger partial charge in [0.15, 0.2) is 0 Å². The molecule has 1 fully saturated rings. The summed E-state index contributed by atoms with van der Waals surface area (Å²) in [4.78, 5) is 0. The molecule has 1 saturated carbocycles. The monoisotopic (exact) mass is 176 g/mol. The number of anilines is 2. The Morgan fingerprint density at radius 2 is 2.08 bits per heavy atom. The van der Waals surface area contributed by atoms with Gasteiger partial charge in [-0.15, -0.1) is 0 Å². The fourth-order valence-electron chi connectivity index (χ4n) is 1.43. The van der Waals surface area contributed by atoms with Crippen LogP contribution in [0.2, 0.25) is 0 Å². The van der Waals surface area contributed by atoms with Crippen LogP contribution >= 0.6 is 0 Å². The number of nitrogens with one attached hydrogen (secondary N) is 1. The second kappa shape index (κ2) is 2.66. The number of nitrogens with two attached hydrogens (primary N) is 1. The molecule has 13 heavy (non-hydrogen) atoms. The molecule has 0 aliphatic heterocycles. The molecule has 70 valence electrons. The Kier molecular flexibility index (Phi) is 1.72. The zero-order chi connectivity index (χ0) is 9.47. The minimum absolute atomic E-state index is 0.307. The maximum atomic E-state index is 5.96. The second-order valence-corrected chi connectivity index (χ2v) is 4.22. The third-order valence-electron chi connectivity index (χ3n) is 2.76. The highest BCUT2D eigenvalue weighted by Crippen LogP contribution is 2.39. The molecule has 0 heterocycles. The van der Waals surface area contributed by atoms with E-state index in [9.17, 15) is 0 Å². The van der Waals surface area contributed by atoms with Crippen LogP contribution < -0.4 is 11.1 Å². The maximum absolute atomic E-state index is 5.96. The Bertz CT molecular complexity index is 327. The Labute approximate surface area is 79.1 Å². The van der Waals surface area contributed by atoms with Crippen LogP contribution in [0.1, 0.15) is 25.3 Å². The van der Waals surface area contributed by atoms with Crippen LogP contribution in [0.15, 0.2) is 18.2 Å². The zero-order valence-corrected chi connectivity index (χ0v) is 8.22. The summed E-state index contributed by atoms with van der Waals surface area (Å²) in [7, 11) is 0. The first-order valence-electron chi connectivity index (χ1n) is 4.74. The Hall–Kier alpha value is -1.18. The summed E-state index contributed by atoms with van der Waals surface area (Å²) < 4.78 is 0. The molecule has 0 radical (unpaired) electrons. The Balaban J connectivity index is 2.25. The van der Waals surface area contributed by atoms with Crippen molar-refractivity contribution < 1.29 is 0 Å². The predicted molar refractivity (Wildman–Crippen MR) is 56.9 cm³/mol. The zero-order valence-electron chi connectivity index (χ0n) is 8.22. The third-order valence-corrected chi connectivity index (χ3v) is 2.76. The fraction of sp³-hybridized carbons (Fsp3) is 0.455. The van der Waals surface area contributed by atoms with E-state index in [-0.39, 0.29) is 0 Å². The Morgan fingerprint density at radius 3 is 2.69 bits per heavy atom. The van der Waals surface area contributed by atoms with Gasteiger partial charge in [-0.3, -0.25) is 0 Å². The van der Waals surface area contributed by atoms with Crippen LogP contribution in [0.4, 0.5) is 11.4 Å². The number of rotatable bonds is 2. The van der Waals surface area contributed by atoms with Crippen LogP contribution in [-0.4, -0.2) is 5.54 Å². The van der Waals surface area contributed by atoms with Crippen molar-refractivity contribution in [2.24, 2.45) is 0 Å². The van der Waals surface area contributed by atoms with Gasteiger partial charge in [-0.1, -0.05) is 12.1 Å².